The smallest absolute Gasteiger partial charge is 0.491 e. The molecule has 1 aliphatic rings. The number of nitrogens with one attached hydrogen (secondary N) is 2. The Hall–Kier alpha value is -1.91. The van der Waals surface area contributed by atoms with Gasteiger partial charge in [0.15, 0.2) is 11.9 Å². The summed E-state index contributed by atoms with van der Waals surface area (Å²) in [6.45, 7) is 0.810. The Balaban J connectivity index is 0.00000144. The first-order chi connectivity index (χ1) is 10.8. The van der Waals surface area contributed by atoms with Gasteiger partial charge in [-0.3, -0.25) is 0 Å². The van der Waals surface area contributed by atoms with Gasteiger partial charge >= 0.3 is 6.03 Å². The van der Waals surface area contributed by atoms with Crippen LogP contribution in [-0.4, -0.2) is 23.4 Å². The van der Waals surface area contributed by atoms with Gasteiger partial charge < -0.3 is 24.8 Å². The van der Waals surface area contributed by atoms with Crippen LogP contribution in [0.4, 0.5) is 4.79 Å². The number of halogens is 2. The number of benzene rings is 1. The quantitative estimate of drug-likeness (QED) is 0.558. The average molecular weight is 366 g/mol. The van der Waals surface area contributed by atoms with E-state index in [-0.39, 0.29) is 36.9 Å². The minimum atomic E-state index is -0.0404. The van der Waals surface area contributed by atoms with E-state index in [1.165, 1.54) is 0 Å². The molecule has 0 bridgehead atoms. The minimum absolute atomic E-state index is 0. The van der Waals surface area contributed by atoms with Crippen LogP contribution in [0.25, 0.3) is 0 Å². The van der Waals surface area contributed by atoms with Crippen molar-refractivity contribution in [2.75, 3.05) is 6.54 Å². The van der Waals surface area contributed by atoms with Crippen molar-refractivity contribution in [1.82, 2.24) is 5.32 Å². The van der Waals surface area contributed by atoms with Crippen LogP contribution in [0.2, 0.25) is 0 Å². The average Bonchev–Trinajstić information content (AvgIpc) is 3.11. The molecule has 24 heavy (non-hydrogen) atoms. The maximum Gasteiger partial charge on any atom is 0.491 e. The number of carbonyl (C=O) groups excluding carboxylic acids is 1. The predicted octanol–water partition coefficient (Wildman–Crippen LogP) is -3.62. The molecular formula is C18H21Cl2N3O. The maximum absolute atomic E-state index is 12.4. The molecule has 1 aromatic carbocycles. The van der Waals surface area contributed by atoms with Gasteiger partial charge in [0.2, 0.25) is 0 Å². The number of hydrogen-bond acceptors (Lipinski definition) is 1. The first-order valence-electron chi connectivity index (χ1n) is 7.74. The Morgan fingerprint density at radius 1 is 1.12 bits per heavy atom. The fraction of sp³-hybridized carbons (Fsp3) is 0.278. The van der Waals surface area contributed by atoms with Crippen molar-refractivity contribution in [1.29, 1.82) is 0 Å². The Kier molecular flexibility index (Phi) is 8.44. The molecule has 0 unspecified atom stereocenters. The van der Waals surface area contributed by atoms with E-state index in [2.05, 4.69) is 22.4 Å². The Bertz CT molecular complexity index is 662. The number of H-pyrrole nitrogens is 1. The Morgan fingerprint density at radius 3 is 2.50 bits per heavy atom. The van der Waals surface area contributed by atoms with Gasteiger partial charge in [-0.1, -0.05) is 36.4 Å². The summed E-state index contributed by atoms with van der Waals surface area (Å²) in [6.07, 6.45) is 6.66. The van der Waals surface area contributed by atoms with Crippen LogP contribution in [0.5, 0.6) is 0 Å². The van der Waals surface area contributed by atoms with Gasteiger partial charge in [-0.05, 0) is 12.0 Å². The second-order valence-electron chi connectivity index (χ2n) is 5.52. The lowest BCUT2D eigenvalue weighted by molar-refractivity contribution is -0.416. The third-order valence-electron chi connectivity index (χ3n) is 3.91. The Morgan fingerprint density at radius 2 is 1.88 bits per heavy atom. The molecule has 0 radical (unpaired) electrons. The topological polar surface area (TPSA) is 46.2 Å². The molecule has 2 amide bonds. The number of carbonyl (C=O) groups is 1. The van der Waals surface area contributed by atoms with Crippen LogP contribution in [0.3, 0.4) is 0 Å². The summed E-state index contributed by atoms with van der Waals surface area (Å²) >= 11 is 0. The molecule has 0 fully saturated rings. The third-order valence-corrected chi connectivity index (χ3v) is 3.91. The van der Waals surface area contributed by atoms with Gasteiger partial charge in [-0.15, -0.1) is 0 Å². The van der Waals surface area contributed by atoms with E-state index in [1.807, 2.05) is 48.8 Å². The number of rotatable bonds is 4. The summed E-state index contributed by atoms with van der Waals surface area (Å²) in [7, 11) is 0. The van der Waals surface area contributed by atoms with Crippen molar-refractivity contribution in [2.45, 2.75) is 25.3 Å². The highest BCUT2D eigenvalue weighted by atomic mass is 35.5. The molecule has 2 heterocycles. The molecule has 2 N–H and O–H groups in total. The molecule has 128 valence electrons. The van der Waals surface area contributed by atoms with Crippen molar-refractivity contribution >= 4 is 12.2 Å². The molecule has 3 rings (SSSR count). The third kappa shape index (κ3) is 5.32. The number of urea groups is 1. The molecule has 2 aromatic rings. The molecule has 0 saturated heterocycles. The summed E-state index contributed by atoms with van der Waals surface area (Å²) in [5, 5.41) is 3.16. The summed E-state index contributed by atoms with van der Waals surface area (Å²) in [6, 6.07) is 16.1. The molecule has 0 aliphatic carbocycles. The number of hydrogen-bond donors (Lipinski definition) is 1. The lowest BCUT2D eigenvalue weighted by Gasteiger charge is -2.12. The van der Waals surface area contributed by atoms with Gasteiger partial charge in [-0.25, -0.2) is 14.9 Å². The number of aromatic nitrogens is 1. The fourth-order valence-electron chi connectivity index (χ4n) is 2.73. The molecule has 6 heteroatoms. The lowest BCUT2D eigenvalue weighted by atomic mass is 10.0. The number of aromatic amines is 1. The summed E-state index contributed by atoms with van der Waals surface area (Å²) in [4.78, 5) is 15.6. The van der Waals surface area contributed by atoms with Crippen LogP contribution < -0.4 is 35.1 Å². The van der Waals surface area contributed by atoms with Crippen LogP contribution in [0, 0.1) is 0 Å². The van der Waals surface area contributed by atoms with Gasteiger partial charge in [0, 0.05) is 18.6 Å². The van der Waals surface area contributed by atoms with Gasteiger partial charge in [0.1, 0.15) is 6.04 Å². The lowest BCUT2D eigenvalue weighted by Crippen LogP contribution is -3.00. The number of nitrogens with zero attached hydrogens (tertiary/aromatic N) is 1. The first kappa shape index (κ1) is 20.1. The molecule has 1 aliphatic heterocycles. The highest BCUT2D eigenvalue weighted by Gasteiger charge is 2.26. The van der Waals surface area contributed by atoms with Crippen molar-refractivity contribution in [3.05, 3.63) is 66.0 Å². The van der Waals surface area contributed by atoms with Crippen molar-refractivity contribution < 1.29 is 39.2 Å². The summed E-state index contributed by atoms with van der Waals surface area (Å²) < 4.78 is 1.78. The van der Waals surface area contributed by atoms with Crippen LogP contribution in [-0.2, 0) is 6.42 Å². The SMILES string of the molecule is O=C(N[C@@H](Cc1cccc[nH+]1)c1ccccc1)[N+]1=CCCC1.[Cl-].[Cl-]. The molecule has 1 atom stereocenters. The fourth-order valence-corrected chi connectivity index (χ4v) is 2.73. The van der Waals surface area contributed by atoms with E-state index in [9.17, 15) is 4.79 Å². The number of amides is 2. The van der Waals surface area contributed by atoms with E-state index >= 15 is 0 Å². The summed E-state index contributed by atoms with van der Waals surface area (Å²) in [5.74, 6) is 0. The van der Waals surface area contributed by atoms with Crippen LogP contribution >= 0.6 is 0 Å². The monoisotopic (exact) mass is 365 g/mol. The van der Waals surface area contributed by atoms with E-state index in [0.29, 0.717) is 0 Å². The van der Waals surface area contributed by atoms with Crippen LogP contribution in [0.1, 0.15) is 30.1 Å². The standard InChI is InChI=1S/C18H19N3O.2ClH/c22-18(21-12-6-7-13-21)20-17(15-8-2-1-3-9-15)14-16-10-4-5-11-19-16;;/h1-5,8-12,17H,6-7,13-14H2;2*1H/t17-;;/m0../s1. The van der Waals surface area contributed by atoms with E-state index in [0.717, 1.165) is 37.1 Å². The van der Waals surface area contributed by atoms with Gasteiger partial charge in [-0.2, -0.15) is 4.79 Å². The first-order valence-corrected chi connectivity index (χ1v) is 7.74. The summed E-state index contributed by atoms with van der Waals surface area (Å²) in [5.41, 5.74) is 2.22. The van der Waals surface area contributed by atoms with E-state index in [1.54, 1.807) is 4.58 Å². The Labute approximate surface area is 154 Å². The zero-order valence-corrected chi connectivity index (χ0v) is 14.8. The normalized spacial score (nSPS) is 13.9. The van der Waals surface area contributed by atoms with Crippen molar-refractivity contribution in [3.63, 3.8) is 0 Å². The maximum atomic E-state index is 12.4. The molecule has 0 spiro atoms. The largest absolute Gasteiger partial charge is 1.00 e. The van der Waals surface area contributed by atoms with Crippen molar-refractivity contribution in [3.8, 4) is 0 Å². The number of pyridine rings is 1. The van der Waals surface area contributed by atoms with Crippen molar-refractivity contribution in [2.24, 2.45) is 0 Å². The minimum Gasteiger partial charge on any atom is -1.00 e. The zero-order valence-electron chi connectivity index (χ0n) is 13.3. The zero-order chi connectivity index (χ0) is 15.2. The second-order valence-corrected chi connectivity index (χ2v) is 5.52. The highest BCUT2D eigenvalue weighted by Crippen LogP contribution is 2.17. The predicted molar refractivity (Wildman–Crippen MR) is 84.8 cm³/mol. The van der Waals surface area contributed by atoms with Gasteiger partial charge in [0.25, 0.3) is 0 Å². The molecule has 1 aromatic heterocycles. The van der Waals surface area contributed by atoms with Crippen LogP contribution in [0.15, 0.2) is 54.7 Å². The van der Waals surface area contributed by atoms with Gasteiger partial charge in [0.05, 0.1) is 19.2 Å². The van der Waals surface area contributed by atoms with E-state index < -0.39 is 0 Å². The molecule has 0 saturated carbocycles. The highest BCUT2D eigenvalue weighted by molar-refractivity contribution is 5.72. The second kappa shape index (κ2) is 10.1. The molecular weight excluding hydrogens is 345 g/mol. The molecule has 4 nitrogen and oxygen atoms in total. The van der Waals surface area contributed by atoms with E-state index in [4.69, 9.17) is 0 Å².